The molecule has 1 unspecified atom stereocenters. The fraction of sp³-hybridized carbons (Fsp3) is 0.308. The highest BCUT2D eigenvalue weighted by Gasteiger charge is 2.29. The molecule has 5 heteroatoms. The summed E-state index contributed by atoms with van der Waals surface area (Å²) in [6.45, 7) is 0.930. The standard InChI is InChI=1S/C13H12N4O/c1-2-10-4-3-5-12(6-10)17-9-11(7-13(17)18)8-15-16-14/h1,3-6,11H,7-9H2. The van der Waals surface area contributed by atoms with E-state index in [9.17, 15) is 4.79 Å². The van der Waals surface area contributed by atoms with Gasteiger partial charge in [-0.15, -0.1) is 6.42 Å². The monoisotopic (exact) mass is 240 g/mol. The Bertz CT molecular complexity index is 554. The number of hydrogen-bond donors (Lipinski definition) is 0. The number of amides is 1. The number of hydrogen-bond acceptors (Lipinski definition) is 2. The highest BCUT2D eigenvalue weighted by Crippen LogP contribution is 2.25. The fourth-order valence-corrected chi connectivity index (χ4v) is 2.07. The minimum atomic E-state index is 0.0438. The zero-order valence-corrected chi connectivity index (χ0v) is 9.78. The first-order valence-corrected chi connectivity index (χ1v) is 5.62. The number of benzene rings is 1. The first-order chi connectivity index (χ1) is 8.74. The van der Waals surface area contributed by atoms with Crippen LogP contribution in [0.1, 0.15) is 12.0 Å². The van der Waals surface area contributed by atoms with Crippen LogP contribution in [0.2, 0.25) is 0 Å². The maximum atomic E-state index is 11.9. The Morgan fingerprint density at radius 3 is 3.17 bits per heavy atom. The van der Waals surface area contributed by atoms with Crippen molar-refractivity contribution in [1.82, 2.24) is 0 Å². The molecule has 0 spiro atoms. The molecular weight excluding hydrogens is 228 g/mol. The van der Waals surface area contributed by atoms with Crippen molar-refractivity contribution in [1.29, 1.82) is 0 Å². The van der Waals surface area contributed by atoms with Gasteiger partial charge in [-0.3, -0.25) is 4.79 Å². The Kier molecular flexibility index (Phi) is 3.52. The minimum absolute atomic E-state index is 0.0438. The van der Waals surface area contributed by atoms with Crippen molar-refractivity contribution >= 4 is 11.6 Å². The Balaban J connectivity index is 2.16. The van der Waals surface area contributed by atoms with Gasteiger partial charge in [0.1, 0.15) is 0 Å². The van der Waals surface area contributed by atoms with Gasteiger partial charge in [0.25, 0.3) is 0 Å². The highest BCUT2D eigenvalue weighted by molar-refractivity contribution is 5.95. The summed E-state index contributed by atoms with van der Waals surface area (Å²) in [6, 6.07) is 7.32. The van der Waals surface area contributed by atoms with E-state index in [0.29, 0.717) is 19.5 Å². The van der Waals surface area contributed by atoms with E-state index in [0.717, 1.165) is 11.3 Å². The predicted octanol–water partition coefficient (Wildman–Crippen LogP) is 2.33. The molecule has 0 radical (unpaired) electrons. The molecule has 1 aromatic rings. The van der Waals surface area contributed by atoms with E-state index in [1.807, 2.05) is 24.3 Å². The lowest BCUT2D eigenvalue weighted by Crippen LogP contribution is -2.24. The van der Waals surface area contributed by atoms with Gasteiger partial charge in [-0.25, -0.2) is 0 Å². The topological polar surface area (TPSA) is 69.1 Å². The minimum Gasteiger partial charge on any atom is -0.312 e. The van der Waals surface area contributed by atoms with Crippen molar-refractivity contribution in [2.45, 2.75) is 6.42 Å². The summed E-state index contributed by atoms with van der Waals surface area (Å²) in [6.07, 6.45) is 5.75. The van der Waals surface area contributed by atoms with E-state index in [4.69, 9.17) is 12.0 Å². The van der Waals surface area contributed by atoms with Crippen LogP contribution in [-0.4, -0.2) is 19.0 Å². The molecule has 1 atom stereocenters. The number of nitrogens with zero attached hydrogens (tertiary/aromatic N) is 4. The molecule has 90 valence electrons. The summed E-state index contributed by atoms with van der Waals surface area (Å²) in [4.78, 5) is 16.3. The molecule has 1 fully saturated rings. The maximum absolute atomic E-state index is 11.9. The van der Waals surface area contributed by atoms with Crippen LogP contribution in [0.3, 0.4) is 0 Å². The molecule has 0 aliphatic carbocycles. The average Bonchev–Trinajstić information content (AvgIpc) is 2.77. The van der Waals surface area contributed by atoms with Gasteiger partial charge in [0.2, 0.25) is 5.91 Å². The third-order valence-electron chi connectivity index (χ3n) is 2.93. The number of carbonyl (C=O) groups is 1. The van der Waals surface area contributed by atoms with Crippen LogP contribution >= 0.6 is 0 Å². The van der Waals surface area contributed by atoms with Gasteiger partial charge in [0.15, 0.2) is 0 Å². The number of anilines is 1. The van der Waals surface area contributed by atoms with Crippen LogP contribution in [0.5, 0.6) is 0 Å². The first-order valence-electron chi connectivity index (χ1n) is 5.62. The highest BCUT2D eigenvalue weighted by atomic mass is 16.2. The summed E-state index contributed by atoms with van der Waals surface area (Å²) in [5.74, 6) is 2.68. The maximum Gasteiger partial charge on any atom is 0.227 e. The van der Waals surface area contributed by atoms with Gasteiger partial charge >= 0.3 is 0 Å². The van der Waals surface area contributed by atoms with E-state index in [-0.39, 0.29) is 11.8 Å². The summed E-state index contributed by atoms with van der Waals surface area (Å²) in [7, 11) is 0. The summed E-state index contributed by atoms with van der Waals surface area (Å²) >= 11 is 0. The van der Waals surface area contributed by atoms with Crippen molar-refractivity contribution in [3.63, 3.8) is 0 Å². The Morgan fingerprint density at radius 1 is 1.61 bits per heavy atom. The lowest BCUT2D eigenvalue weighted by Gasteiger charge is -2.16. The number of azide groups is 1. The largest absolute Gasteiger partial charge is 0.312 e. The Hall–Kier alpha value is -2.44. The lowest BCUT2D eigenvalue weighted by atomic mass is 10.1. The number of rotatable bonds is 3. The molecule has 1 aromatic carbocycles. The fourth-order valence-electron chi connectivity index (χ4n) is 2.07. The Labute approximate surface area is 105 Å². The third kappa shape index (κ3) is 2.45. The SMILES string of the molecule is C#Cc1cccc(N2CC(CN=[N+]=[N-])CC2=O)c1. The Morgan fingerprint density at radius 2 is 2.44 bits per heavy atom. The molecule has 2 rings (SSSR count). The first kappa shape index (κ1) is 12.0. The second-order valence-electron chi connectivity index (χ2n) is 4.18. The molecule has 5 nitrogen and oxygen atoms in total. The van der Waals surface area contributed by atoms with Crippen molar-refractivity contribution in [3.8, 4) is 12.3 Å². The summed E-state index contributed by atoms with van der Waals surface area (Å²) in [5.41, 5.74) is 9.83. The molecule has 0 saturated carbocycles. The molecule has 1 aliphatic rings. The zero-order chi connectivity index (χ0) is 13.0. The van der Waals surface area contributed by atoms with Crippen molar-refractivity contribution in [2.75, 3.05) is 18.0 Å². The second-order valence-corrected chi connectivity index (χ2v) is 4.18. The second kappa shape index (κ2) is 5.26. The molecule has 0 bridgehead atoms. The van der Waals surface area contributed by atoms with Gasteiger partial charge in [-0.1, -0.05) is 17.1 Å². The van der Waals surface area contributed by atoms with Crippen molar-refractivity contribution in [3.05, 3.63) is 40.3 Å². The van der Waals surface area contributed by atoms with Gasteiger partial charge in [-0.05, 0) is 29.6 Å². The van der Waals surface area contributed by atoms with Gasteiger partial charge in [-0.2, -0.15) is 0 Å². The zero-order valence-electron chi connectivity index (χ0n) is 9.78. The molecule has 1 aliphatic heterocycles. The van der Waals surface area contributed by atoms with Crippen molar-refractivity contribution in [2.24, 2.45) is 11.0 Å². The van der Waals surface area contributed by atoms with E-state index >= 15 is 0 Å². The predicted molar refractivity (Wildman–Crippen MR) is 68.9 cm³/mol. The van der Waals surface area contributed by atoms with Gasteiger partial charge in [0.05, 0.1) is 0 Å². The van der Waals surface area contributed by atoms with Crippen LogP contribution in [-0.2, 0) is 4.79 Å². The molecule has 18 heavy (non-hydrogen) atoms. The molecular formula is C13H12N4O. The molecule has 1 saturated heterocycles. The van der Waals surface area contributed by atoms with E-state index in [2.05, 4.69) is 15.9 Å². The molecule has 0 aromatic heterocycles. The summed E-state index contributed by atoms with van der Waals surface area (Å²) in [5, 5.41) is 3.52. The van der Waals surface area contributed by atoms with Gasteiger partial charge < -0.3 is 4.90 Å². The van der Waals surface area contributed by atoms with Crippen LogP contribution in [0.15, 0.2) is 29.4 Å². The van der Waals surface area contributed by atoms with Gasteiger partial charge in [0, 0.05) is 35.7 Å². The number of carbonyl (C=O) groups excluding carboxylic acids is 1. The molecule has 1 amide bonds. The van der Waals surface area contributed by atoms with Crippen LogP contribution in [0.4, 0.5) is 5.69 Å². The van der Waals surface area contributed by atoms with E-state index in [1.165, 1.54) is 0 Å². The van der Waals surface area contributed by atoms with E-state index < -0.39 is 0 Å². The lowest BCUT2D eigenvalue weighted by molar-refractivity contribution is -0.117. The number of terminal acetylenes is 1. The third-order valence-corrected chi connectivity index (χ3v) is 2.93. The van der Waals surface area contributed by atoms with Crippen molar-refractivity contribution < 1.29 is 4.79 Å². The normalized spacial score (nSPS) is 18.3. The quantitative estimate of drug-likeness (QED) is 0.346. The van der Waals surface area contributed by atoms with E-state index in [1.54, 1.807) is 4.90 Å². The smallest absolute Gasteiger partial charge is 0.227 e. The van der Waals surface area contributed by atoms with Crippen LogP contribution in [0.25, 0.3) is 10.4 Å². The van der Waals surface area contributed by atoms with Crippen LogP contribution < -0.4 is 4.90 Å². The molecule has 0 N–H and O–H groups in total. The van der Waals surface area contributed by atoms with Crippen LogP contribution in [0, 0.1) is 18.3 Å². The average molecular weight is 240 g/mol. The summed E-state index contributed by atoms with van der Waals surface area (Å²) < 4.78 is 0. The molecule has 1 heterocycles.